The van der Waals surface area contributed by atoms with Crippen LogP contribution in [0.4, 0.5) is 33.6 Å². The van der Waals surface area contributed by atoms with E-state index in [9.17, 15) is 4.79 Å². The Morgan fingerprint density at radius 3 is 2.41 bits per heavy atom. The van der Waals surface area contributed by atoms with Crippen molar-refractivity contribution < 1.29 is 9.53 Å². The van der Waals surface area contributed by atoms with E-state index in [4.69, 9.17) is 27.9 Å². The second kappa shape index (κ2) is 14.0. The van der Waals surface area contributed by atoms with Crippen LogP contribution in [0.15, 0.2) is 79.0 Å². The molecule has 212 valence electrons. The SMILES string of the molecule is O=C(Nc1ccc(Cl)cc1)Nc1ccccc1CNc1nc(Nc2ccc(OCCN3CCCC3)cc2)ncc1Cl. The third-order valence-electron chi connectivity index (χ3n) is 6.54. The van der Waals surface area contributed by atoms with Gasteiger partial charge in [0, 0.05) is 35.2 Å². The van der Waals surface area contributed by atoms with Crippen LogP contribution in [0.5, 0.6) is 5.75 Å². The number of likely N-dealkylation sites (tertiary alicyclic amines) is 1. The highest BCUT2D eigenvalue weighted by Crippen LogP contribution is 2.25. The Morgan fingerprint density at radius 2 is 1.63 bits per heavy atom. The second-order valence-electron chi connectivity index (χ2n) is 9.53. The van der Waals surface area contributed by atoms with Crippen molar-refractivity contribution >= 4 is 58.1 Å². The molecule has 0 saturated carbocycles. The number of benzene rings is 3. The third kappa shape index (κ3) is 8.47. The molecule has 1 fully saturated rings. The van der Waals surface area contributed by atoms with E-state index >= 15 is 0 Å². The van der Waals surface area contributed by atoms with Crippen molar-refractivity contribution in [3.8, 4) is 5.75 Å². The summed E-state index contributed by atoms with van der Waals surface area (Å²) in [5.41, 5.74) is 2.96. The number of carbonyl (C=O) groups excluding carboxylic acids is 1. The number of halogens is 2. The van der Waals surface area contributed by atoms with Crippen molar-refractivity contribution in [2.45, 2.75) is 19.4 Å². The maximum Gasteiger partial charge on any atom is 0.323 e. The minimum absolute atomic E-state index is 0.366. The second-order valence-corrected chi connectivity index (χ2v) is 10.4. The molecule has 3 aromatic carbocycles. The van der Waals surface area contributed by atoms with Crippen molar-refractivity contribution in [2.75, 3.05) is 47.5 Å². The van der Waals surface area contributed by atoms with Crippen LogP contribution in [0.3, 0.4) is 0 Å². The zero-order valence-corrected chi connectivity index (χ0v) is 23.9. The fourth-order valence-electron chi connectivity index (χ4n) is 4.41. The highest BCUT2D eigenvalue weighted by atomic mass is 35.5. The summed E-state index contributed by atoms with van der Waals surface area (Å²) in [6.07, 6.45) is 4.09. The first kappa shape index (κ1) is 28.5. The van der Waals surface area contributed by atoms with Crippen LogP contribution in [0.2, 0.25) is 10.0 Å². The number of rotatable bonds is 11. The van der Waals surface area contributed by atoms with Gasteiger partial charge in [0.25, 0.3) is 0 Å². The molecule has 0 bridgehead atoms. The van der Waals surface area contributed by atoms with Gasteiger partial charge in [-0.2, -0.15) is 4.98 Å². The standard InChI is InChI=1S/C30H31Cl2N7O2/c31-22-7-9-24(10-8-22)36-30(40)37-27-6-2-1-5-21(27)19-33-28-26(32)20-34-29(38-28)35-23-11-13-25(14-12-23)41-18-17-39-15-3-4-16-39/h1-2,5-14,20H,3-4,15-19H2,(H2,36,37,40)(H2,33,34,35,38). The van der Waals surface area contributed by atoms with Gasteiger partial charge in [-0.05, 0) is 86.1 Å². The number of aromatic nitrogens is 2. The van der Waals surface area contributed by atoms with Crippen LogP contribution in [-0.4, -0.2) is 47.1 Å². The van der Waals surface area contributed by atoms with Crippen LogP contribution in [0.1, 0.15) is 18.4 Å². The molecule has 0 aliphatic carbocycles. The Morgan fingerprint density at radius 1 is 0.902 bits per heavy atom. The van der Waals surface area contributed by atoms with Crippen LogP contribution >= 0.6 is 23.2 Å². The summed E-state index contributed by atoms with van der Waals surface area (Å²) in [5, 5.41) is 13.1. The molecule has 11 heteroatoms. The van der Waals surface area contributed by atoms with Gasteiger partial charge in [-0.15, -0.1) is 0 Å². The number of hydrogen-bond acceptors (Lipinski definition) is 7. The molecule has 0 unspecified atom stereocenters. The van der Waals surface area contributed by atoms with Gasteiger partial charge in [-0.25, -0.2) is 9.78 Å². The van der Waals surface area contributed by atoms with E-state index in [-0.39, 0.29) is 6.03 Å². The first-order valence-electron chi connectivity index (χ1n) is 13.4. The average molecular weight is 593 g/mol. The van der Waals surface area contributed by atoms with E-state index in [0.717, 1.165) is 36.6 Å². The number of amides is 2. The van der Waals surface area contributed by atoms with Crippen molar-refractivity contribution in [1.29, 1.82) is 0 Å². The number of carbonyl (C=O) groups is 1. The van der Waals surface area contributed by atoms with E-state index in [1.165, 1.54) is 12.8 Å². The maximum atomic E-state index is 12.6. The van der Waals surface area contributed by atoms with Gasteiger partial charge in [-0.1, -0.05) is 41.4 Å². The molecule has 41 heavy (non-hydrogen) atoms. The molecule has 0 radical (unpaired) electrons. The predicted octanol–water partition coefficient (Wildman–Crippen LogP) is 7.26. The number of ether oxygens (including phenoxy) is 1. The third-order valence-corrected chi connectivity index (χ3v) is 7.07. The lowest BCUT2D eigenvalue weighted by Gasteiger charge is -2.15. The smallest absolute Gasteiger partial charge is 0.323 e. The number of anilines is 5. The van der Waals surface area contributed by atoms with E-state index in [2.05, 4.69) is 36.1 Å². The van der Waals surface area contributed by atoms with E-state index < -0.39 is 0 Å². The topological polar surface area (TPSA) is 103 Å². The van der Waals surface area contributed by atoms with Crippen molar-refractivity contribution in [1.82, 2.24) is 14.9 Å². The normalized spacial score (nSPS) is 13.0. The number of urea groups is 1. The fourth-order valence-corrected chi connectivity index (χ4v) is 4.69. The first-order chi connectivity index (χ1) is 20.0. The van der Waals surface area contributed by atoms with Gasteiger partial charge in [0.1, 0.15) is 17.4 Å². The number of hydrogen-bond donors (Lipinski definition) is 4. The molecule has 1 aromatic heterocycles. The summed E-state index contributed by atoms with van der Waals surface area (Å²) >= 11 is 12.3. The molecule has 1 saturated heterocycles. The molecule has 4 aromatic rings. The minimum atomic E-state index is -0.366. The van der Waals surface area contributed by atoms with Crippen molar-refractivity contribution in [2.24, 2.45) is 0 Å². The molecule has 2 amide bonds. The molecule has 0 spiro atoms. The number of nitrogens with one attached hydrogen (secondary N) is 4. The Kier molecular flexibility index (Phi) is 9.74. The molecule has 0 atom stereocenters. The maximum absolute atomic E-state index is 12.6. The molecule has 1 aliphatic heterocycles. The van der Waals surface area contributed by atoms with Crippen molar-refractivity contribution in [3.05, 3.63) is 94.6 Å². The van der Waals surface area contributed by atoms with Gasteiger partial charge in [0.2, 0.25) is 5.95 Å². The lowest BCUT2D eigenvalue weighted by Crippen LogP contribution is -2.25. The zero-order valence-electron chi connectivity index (χ0n) is 22.4. The number of para-hydroxylation sites is 1. The predicted molar refractivity (Wildman–Crippen MR) is 166 cm³/mol. The van der Waals surface area contributed by atoms with Crippen LogP contribution < -0.4 is 26.0 Å². The Bertz CT molecular complexity index is 1450. The largest absolute Gasteiger partial charge is 0.492 e. The molecule has 5 rings (SSSR count). The van der Waals surface area contributed by atoms with Gasteiger partial charge in [0.15, 0.2) is 5.82 Å². The Labute approximate surface area is 249 Å². The van der Waals surface area contributed by atoms with E-state index in [1.807, 2.05) is 48.5 Å². The molecular formula is C30H31Cl2N7O2. The Hall–Kier alpha value is -4.05. The summed E-state index contributed by atoms with van der Waals surface area (Å²) in [5.74, 6) is 1.68. The van der Waals surface area contributed by atoms with E-state index in [1.54, 1.807) is 30.5 Å². The quantitative estimate of drug-likeness (QED) is 0.145. The van der Waals surface area contributed by atoms with Gasteiger partial charge < -0.3 is 26.0 Å². The van der Waals surface area contributed by atoms with Gasteiger partial charge in [0.05, 0.1) is 6.20 Å². The molecule has 9 nitrogen and oxygen atoms in total. The molecule has 4 N–H and O–H groups in total. The first-order valence-corrected chi connectivity index (χ1v) is 14.2. The zero-order chi connectivity index (χ0) is 28.4. The lowest BCUT2D eigenvalue weighted by atomic mass is 10.1. The fraction of sp³-hybridized carbons (Fsp3) is 0.233. The van der Waals surface area contributed by atoms with Gasteiger partial charge >= 0.3 is 6.03 Å². The molecule has 1 aliphatic rings. The summed E-state index contributed by atoms with van der Waals surface area (Å²) < 4.78 is 5.89. The molecule has 2 heterocycles. The van der Waals surface area contributed by atoms with Crippen LogP contribution in [-0.2, 0) is 6.54 Å². The highest BCUT2D eigenvalue weighted by molar-refractivity contribution is 6.32. The molecular weight excluding hydrogens is 561 g/mol. The summed E-state index contributed by atoms with van der Waals surface area (Å²) in [6.45, 7) is 4.32. The van der Waals surface area contributed by atoms with Gasteiger partial charge in [-0.3, -0.25) is 4.90 Å². The average Bonchev–Trinajstić information content (AvgIpc) is 3.50. The van der Waals surface area contributed by atoms with Crippen LogP contribution in [0.25, 0.3) is 0 Å². The highest BCUT2D eigenvalue weighted by Gasteiger charge is 2.12. The monoisotopic (exact) mass is 591 g/mol. The van der Waals surface area contributed by atoms with Crippen LogP contribution in [0, 0.1) is 0 Å². The summed E-state index contributed by atoms with van der Waals surface area (Å²) in [4.78, 5) is 23.8. The lowest BCUT2D eigenvalue weighted by molar-refractivity contribution is 0.238. The number of nitrogens with zero attached hydrogens (tertiary/aromatic N) is 3. The van der Waals surface area contributed by atoms with E-state index in [0.29, 0.717) is 46.3 Å². The minimum Gasteiger partial charge on any atom is -0.492 e. The summed E-state index contributed by atoms with van der Waals surface area (Å²) in [7, 11) is 0. The van der Waals surface area contributed by atoms with Crippen molar-refractivity contribution in [3.63, 3.8) is 0 Å². The summed E-state index contributed by atoms with van der Waals surface area (Å²) in [6, 6.07) is 21.7. The Balaban J connectivity index is 1.15.